The van der Waals surface area contributed by atoms with Gasteiger partial charge in [-0.2, -0.15) is 5.26 Å². The summed E-state index contributed by atoms with van der Waals surface area (Å²) in [5, 5.41) is 12.3. The zero-order valence-corrected chi connectivity index (χ0v) is 10.3. The molecule has 2 unspecified atom stereocenters. The molecule has 1 aliphatic rings. The van der Waals surface area contributed by atoms with Gasteiger partial charge in [-0.15, -0.1) is 11.8 Å². The molecule has 0 radical (unpaired) electrons. The zero-order valence-electron chi connectivity index (χ0n) is 9.44. The summed E-state index contributed by atoms with van der Waals surface area (Å²) in [7, 11) is 0. The second-order valence-electron chi connectivity index (χ2n) is 4.04. The van der Waals surface area contributed by atoms with Crippen LogP contribution in [-0.2, 0) is 0 Å². The van der Waals surface area contributed by atoms with Gasteiger partial charge in [0.1, 0.15) is 0 Å². The van der Waals surface area contributed by atoms with Gasteiger partial charge in [0, 0.05) is 22.7 Å². The maximum atomic E-state index is 8.74. The molecule has 0 saturated heterocycles. The monoisotopic (exact) mass is 232 g/mol. The van der Waals surface area contributed by atoms with Crippen LogP contribution in [0, 0.1) is 11.3 Å². The summed E-state index contributed by atoms with van der Waals surface area (Å²) in [5.41, 5.74) is 1.39. The fourth-order valence-electron chi connectivity index (χ4n) is 2.02. The standard InChI is InChI=1S/C13H16N2S/c1-2-10(7-8-14)15-12-9-16-13-6-4-3-5-11(12)13/h3-6,10,12,15H,2,7,9H2,1H3. The molecule has 0 amide bonds. The molecule has 1 aromatic rings. The molecule has 0 saturated carbocycles. The van der Waals surface area contributed by atoms with E-state index in [4.69, 9.17) is 5.26 Å². The summed E-state index contributed by atoms with van der Waals surface area (Å²) in [4.78, 5) is 1.38. The van der Waals surface area contributed by atoms with Gasteiger partial charge < -0.3 is 5.32 Å². The second-order valence-corrected chi connectivity index (χ2v) is 5.10. The van der Waals surface area contributed by atoms with Gasteiger partial charge in [-0.1, -0.05) is 25.1 Å². The lowest BCUT2D eigenvalue weighted by atomic mass is 10.1. The van der Waals surface area contributed by atoms with Gasteiger partial charge >= 0.3 is 0 Å². The zero-order chi connectivity index (χ0) is 11.4. The maximum absolute atomic E-state index is 8.74. The fraction of sp³-hybridized carbons (Fsp3) is 0.462. The Morgan fingerprint density at radius 3 is 3.12 bits per heavy atom. The van der Waals surface area contributed by atoms with E-state index in [-0.39, 0.29) is 0 Å². The third-order valence-electron chi connectivity index (χ3n) is 2.97. The van der Waals surface area contributed by atoms with Crippen LogP contribution >= 0.6 is 11.8 Å². The highest BCUT2D eigenvalue weighted by atomic mass is 32.2. The van der Waals surface area contributed by atoms with E-state index >= 15 is 0 Å². The molecule has 16 heavy (non-hydrogen) atoms. The Balaban J connectivity index is 2.05. The van der Waals surface area contributed by atoms with Crippen molar-refractivity contribution >= 4 is 11.8 Å². The minimum Gasteiger partial charge on any atom is -0.305 e. The van der Waals surface area contributed by atoms with Crippen LogP contribution in [0.25, 0.3) is 0 Å². The SMILES string of the molecule is CCC(CC#N)NC1CSc2ccccc21. The molecule has 0 aromatic heterocycles. The second kappa shape index (κ2) is 5.38. The van der Waals surface area contributed by atoms with Gasteiger partial charge in [-0.25, -0.2) is 0 Å². The quantitative estimate of drug-likeness (QED) is 0.866. The molecule has 1 aliphatic heterocycles. The van der Waals surface area contributed by atoms with Crippen LogP contribution < -0.4 is 5.32 Å². The number of nitrogens with one attached hydrogen (secondary N) is 1. The van der Waals surface area contributed by atoms with Gasteiger partial charge in [0.2, 0.25) is 0 Å². The van der Waals surface area contributed by atoms with Crippen molar-refractivity contribution in [1.82, 2.24) is 5.32 Å². The minimum absolute atomic E-state index is 0.321. The van der Waals surface area contributed by atoms with Gasteiger partial charge in [0.15, 0.2) is 0 Å². The first kappa shape index (κ1) is 11.5. The van der Waals surface area contributed by atoms with E-state index in [2.05, 4.69) is 42.6 Å². The molecule has 0 spiro atoms. The van der Waals surface area contributed by atoms with Crippen molar-refractivity contribution < 1.29 is 0 Å². The van der Waals surface area contributed by atoms with E-state index in [1.54, 1.807) is 0 Å². The highest BCUT2D eigenvalue weighted by molar-refractivity contribution is 7.99. The first-order valence-corrected chi connectivity index (χ1v) is 6.68. The van der Waals surface area contributed by atoms with Crippen LogP contribution in [0.1, 0.15) is 31.4 Å². The lowest BCUT2D eigenvalue weighted by molar-refractivity contribution is 0.453. The number of fused-ring (bicyclic) bond motifs is 1. The van der Waals surface area contributed by atoms with Gasteiger partial charge in [0.05, 0.1) is 12.5 Å². The molecule has 2 nitrogen and oxygen atoms in total. The Morgan fingerprint density at radius 2 is 2.38 bits per heavy atom. The Hall–Kier alpha value is -0.980. The van der Waals surface area contributed by atoms with Crippen molar-refractivity contribution in [3.05, 3.63) is 29.8 Å². The number of thioether (sulfide) groups is 1. The fourth-order valence-corrected chi connectivity index (χ4v) is 3.19. The number of rotatable bonds is 4. The smallest absolute Gasteiger partial charge is 0.0638 e. The average molecular weight is 232 g/mol. The van der Waals surface area contributed by atoms with Crippen molar-refractivity contribution in [2.75, 3.05) is 5.75 Å². The van der Waals surface area contributed by atoms with Crippen molar-refractivity contribution in [2.45, 2.75) is 36.7 Å². The third-order valence-corrected chi connectivity index (χ3v) is 4.15. The molecular weight excluding hydrogens is 216 g/mol. The summed E-state index contributed by atoms with van der Waals surface area (Å²) in [6.45, 7) is 2.13. The lowest BCUT2D eigenvalue weighted by Gasteiger charge is -2.19. The molecule has 1 heterocycles. The summed E-state index contributed by atoms with van der Waals surface area (Å²) < 4.78 is 0. The van der Waals surface area contributed by atoms with E-state index in [0.717, 1.165) is 12.2 Å². The average Bonchev–Trinajstić information content (AvgIpc) is 2.72. The van der Waals surface area contributed by atoms with E-state index in [0.29, 0.717) is 18.5 Å². The normalized spacial score (nSPS) is 20.1. The Morgan fingerprint density at radius 1 is 1.56 bits per heavy atom. The van der Waals surface area contributed by atoms with Crippen LogP contribution in [-0.4, -0.2) is 11.8 Å². The topological polar surface area (TPSA) is 35.8 Å². The molecule has 84 valence electrons. The Labute approximate surface area is 101 Å². The van der Waals surface area contributed by atoms with Crippen molar-refractivity contribution in [1.29, 1.82) is 5.26 Å². The van der Waals surface area contributed by atoms with Crippen molar-refractivity contribution in [2.24, 2.45) is 0 Å². The lowest BCUT2D eigenvalue weighted by Crippen LogP contribution is -2.32. The molecule has 2 atom stereocenters. The van der Waals surface area contributed by atoms with E-state index in [9.17, 15) is 0 Å². The van der Waals surface area contributed by atoms with Crippen LogP contribution in [0.4, 0.5) is 0 Å². The van der Waals surface area contributed by atoms with Gasteiger partial charge in [-0.05, 0) is 18.1 Å². The molecule has 1 N–H and O–H groups in total. The highest BCUT2D eigenvalue weighted by Gasteiger charge is 2.24. The third kappa shape index (κ3) is 2.40. The minimum atomic E-state index is 0.321. The number of nitrogens with zero attached hydrogens (tertiary/aromatic N) is 1. The van der Waals surface area contributed by atoms with Crippen LogP contribution in [0.2, 0.25) is 0 Å². The number of nitriles is 1. The van der Waals surface area contributed by atoms with Gasteiger partial charge in [-0.3, -0.25) is 0 Å². The summed E-state index contributed by atoms with van der Waals surface area (Å²) >= 11 is 1.90. The molecule has 2 rings (SSSR count). The van der Waals surface area contributed by atoms with Crippen LogP contribution in [0.5, 0.6) is 0 Å². The maximum Gasteiger partial charge on any atom is 0.0638 e. The van der Waals surface area contributed by atoms with E-state index < -0.39 is 0 Å². The number of hydrogen-bond donors (Lipinski definition) is 1. The number of hydrogen-bond acceptors (Lipinski definition) is 3. The predicted molar refractivity (Wildman–Crippen MR) is 67.4 cm³/mol. The van der Waals surface area contributed by atoms with E-state index in [1.165, 1.54) is 10.5 Å². The molecule has 0 aliphatic carbocycles. The highest BCUT2D eigenvalue weighted by Crippen LogP contribution is 2.38. The summed E-state index contributed by atoms with van der Waals surface area (Å²) in [6, 6.07) is 11.5. The summed E-state index contributed by atoms with van der Waals surface area (Å²) in [6.07, 6.45) is 1.61. The van der Waals surface area contributed by atoms with Crippen molar-refractivity contribution in [3.8, 4) is 6.07 Å². The largest absolute Gasteiger partial charge is 0.305 e. The Bertz CT molecular complexity index is 397. The molecule has 0 bridgehead atoms. The first-order valence-electron chi connectivity index (χ1n) is 5.70. The first-order chi connectivity index (χ1) is 7.85. The molecule has 3 heteroatoms. The van der Waals surface area contributed by atoms with E-state index in [1.807, 2.05) is 11.8 Å². The molecular formula is C13H16N2S. The number of benzene rings is 1. The van der Waals surface area contributed by atoms with Crippen molar-refractivity contribution in [3.63, 3.8) is 0 Å². The molecule has 1 aromatic carbocycles. The summed E-state index contributed by atoms with van der Waals surface area (Å²) in [5.74, 6) is 1.08. The molecule has 0 fully saturated rings. The van der Waals surface area contributed by atoms with Gasteiger partial charge in [0.25, 0.3) is 0 Å². The Kier molecular flexibility index (Phi) is 3.87. The van der Waals surface area contributed by atoms with Crippen LogP contribution in [0.3, 0.4) is 0 Å². The predicted octanol–water partition coefficient (Wildman–Crippen LogP) is 3.12. The van der Waals surface area contributed by atoms with Crippen LogP contribution in [0.15, 0.2) is 29.2 Å².